The van der Waals surface area contributed by atoms with E-state index in [4.69, 9.17) is 0 Å². The monoisotopic (exact) mass is 214 g/mol. The summed E-state index contributed by atoms with van der Waals surface area (Å²) in [6, 6.07) is 0.319. The van der Waals surface area contributed by atoms with Crippen molar-refractivity contribution in [2.24, 2.45) is 0 Å². The number of hydrogen-bond acceptors (Lipinski definition) is 4. The lowest BCUT2D eigenvalue weighted by atomic mass is 10.1. The molecule has 0 bridgehead atoms. The second-order valence-corrected chi connectivity index (χ2v) is 3.74. The van der Waals surface area contributed by atoms with E-state index in [1.54, 1.807) is 6.92 Å². The van der Waals surface area contributed by atoms with Gasteiger partial charge in [-0.25, -0.2) is 0 Å². The SMILES string of the molecule is COC(=O)CNC1CCN(C(C)=O)CC1. The Kier molecular flexibility index (Phi) is 4.55. The molecular formula is C10H18N2O3. The van der Waals surface area contributed by atoms with Crippen LogP contribution in [-0.4, -0.2) is 49.6 Å². The largest absolute Gasteiger partial charge is 0.468 e. The van der Waals surface area contributed by atoms with Gasteiger partial charge in [-0.05, 0) is 12.8 Å². The fraction of sp³-hybridized carbons (Fsp3) is 0.800. The van der Waals surface area contributed by atoms with Crippen molar-refractivity contribution < 1.29 is 14.3 Å². The number of likely N-dealkylation sites (tertiary alicyclic amines) is 1. The molecule has 1 amide bonds. The van der Waals surface area contributed by atoms with Crippen molar-refractivity contribution in [3.8, 4) is 0 Å². The van der Waals surface area contributed by atoms with Crippen LogP contribution in [0.15, 0.2) is 0 Å². The number of carbonyl (C=O) groups excluding carboxylic acids is 2. The Morgan fingerprint density at radius 1 is 1.40 bits per heavy atom. The van der Waals surface area contributed by atoms with Crippen LogP contribution in [0.3, 0.4) is 0 Å². The smallest absolute Gasteiger partial charge is 0.319 e. The van der Waals surface area contributed by atoms with E-state index in [1.165, 1.54) is 7.11 Å². The zero-order chi connectivity index (χ0) is 11.3. The molecule has 0 unspecified atom stereocenters. The first-order chi connectivity index (χ1) is 7.13. The molecule has 1 N–H and O–H groups in total. The first-order valence-electron chi connectivity index (χ1n) is 5.19. The first kappa shape index (κ1) is 12.0. The average Bonchev–Trinajstić information content (AvgIpc) is 2.26. The van der Waals surface area contributed by atoms with Gasteiger partial charge < -0.3 is 15.0 Å². The molecule has 0 saturated carbocycles. The molecule has 0 atom stereocenters. The zero-order valence-corrected chi connectivity index (χ0v) is 9.28. The van der Waals surface area contributed by atoms with Gasteiger partial charge in [-0.3, -0.25) is 9.59 Å². The maximum Gasteiger partial charge on any atom is 0.319 e. The van der Waals surface area contributed by atoms with Gasteiger partial charge in [-0.1, -0.05) is 0 Å². The molecule has 0 aromatic carbocycles. The van der Waals surface area contributed by atoms with Crippen molar-refractivity contribution in [3.05, 3.63) is 0 Å². The van der Waals surface area contributed by atoms with Gasteiger partial charge in [-0.2, -0.15) is 0 Å². The Balaban J connectivity index is 2.20. The number of ether oxygens (including phenoxy) is 1. The number of nitrogens with zero attached hydrogens (tertiary/aromatic N) is 1. The third-order valence-electron chi connectivity index (χ3n) is 2.70. The molecule has 0 aliphatic carbocycles. The highest BCUT2D eigenvalue weighted by Gasteiger charge is 2.20. The van der Waals surface area contributed by atoms with E-state index in [2.05, 4.69) is 10.1 Å². The Morgan fingerprint density at radius 3 is 2.47 bits per heavy atom. The summed E-state index contributed by atoms with van der Waals surface area (Å²) in [6.07, 6.45) is 1.80. The highest BCUT2D eigenvalue weighted by Crippen LogP contribution is 2.09. The van der Waals surface area contributed by atoms with Crippen molar-refractivity contribution >= 4 is 11.9 Å². The molecule has 0 radical (unpaired) electrons. The third kappa shape index (κ3) is 3.87. The Morgan fingerprint density at radius 2 is 2.00 bits per heavy atom. The molecule has 15 heavy (non-hydrogen) atoms. The molecule has 1 fully saturated rings. The van der Waals surface area contributed by atoms with Gasteiger partial charge in [0.15, 0.2) is 0 Å². The molecule has 0 aromatic heterocycles. The number of rotatable bonds is 3. The van der Waals surface area contributed by atoms with Crippen LogP contribution in [0.1, 0.15) is 19.8 Å². The molecule has 1 aliphatic rings. The van der Waals surface area contributed by atoms with E-state index in [-0.39, 0.29) is 18.4 Å². The molecule has 5 heteroatoms. The maximum absolute atomic E-state index is 11.0. The van der Waals surface area contributed by atoms with E-state index in [0.29, 0.717) is 6.04 Å². The lowest BCUT2D eigenvalue weighted by Gasteiger charge is -2.31. The van der Waals surface area contributed by atoms with Gasteiger partial charge in [0.1, 0.15) is 0 Å². The van der Waals surface area contributed by atoms with Gasteiger partial charge in [-0.15, -0.1) is 0 Å². The van der Waals surface area contributed by atoms with Crippen LogP contribution in [0.2, 0.25) is 0 Å². The summed E-state index contributed by atoms with van der Waals surface area (Å²) in [4.78, 5) is 23.8. The summed E-state index contributed by atoms with van der Waals surface area (Å²) in [6.45, 7) is 3.38. The van der Waals surface area contributed by atoms with Gasteiger partial charge in [0.2, 0.25) is 5.91 Å². The van der Waals surface area contributed by atoms with Crippen LogP contribution in [0, 0.1) is 0 Å². The highest BCUT2D eigenvalue weighted by atomic mass is 16.5. The quantitative estimate of drug-likeness (QED) is 0.659. The molecule has 0 spiro atoms. The van der Waals surface area contributed by atoms with Crippen LogP contribution in [-0.2, 0) is 14.3 Å². The van der Waals surface area contributed by atoms with E-state index in [9.17, 15) is 9.59 Å². The summed E-state index contributed by atoms with van der Waals surface area (Å²) in [7, 11) is 1.38. The molecule has 0 aromatic rings. The lowest BCUT2D eigenvalue weighted by molar-refractivity contribution is -0.140. The van der Waals surface area contributed by atoms with Crippen LogP contribution in [0.25, 0.3) is 0 Å². The minimum atomic E-state index is -0.246. The minimum absolute atomic E-state index is 0.126. The molecule has 1 saturated heterocycles. The predicted molar refractivity (Wildman–Crippen MR) is 55.3 cm³/mol. The number of amides is 1. The van der Waals surface area contributed by atoms with Gasteiger partial charge in [0.05, 0.1) is 13.7 Å². The number of esters is 1. The fourth-order valence-corrected chi connectivity index (χ4v) is 1.70. The summed E-state index contributed by atoms with van der Waals surface area (Å²) < 4.78 is 4.53. The molecule has 1 rings (SSSR count). The normalized spacial score (nSPS) is 17.6. The van der Waals surface area contributed by atoms with E-state index in [1.807, 2.05) is 4.90 Å². The standard InChI is InChI=1S/C10H18N2O3/c1-8(13)12-5-3-9(4-6-12)11-7-10(14)15-2/h9,11H,3-7H2,1-2H3. The van der Waals surface area contributed by atoms with Crippen molar-refractivity contribution in [3.63, 3.8) is 0 Å². The number of methoxy groups -OCH3 is 1. The van der Waals surface area contributed by atoms with Crippen molar-refractivity contribution in [2.45, 2.75) is 25.8 Å². The topological polar surface area (TPSA) is 58.6 Å². The Hall–Kier alpha value is -1.10. The Labute approximate surface area is 89.8 Å². The molecule has 1 aliphatic heterocycles. The fourth-order valence-electron chi connectivity index (χ4n) is 1.70. The van der Waals surface area contributed by atoms with Crippen LogP contribution >= 0.6 is 0 Å². The average molecular weight is 214 g/mol. The third-order valence-corrected chi connectivity index (χ3v) is 2.70. The summed E-state index contributed by atoms with van der Waals surface area (Å²) in [5, 5.41) is 3.12. The van der Waals surface area contributed by atoms with Crippen molar-refractivity contribution in [2.75, 3.05) is 26.7 Å². The van der Waals surface area contributed by atoms with E-state index in [0.717, 1.165) is 25.9 Å². The minimum Gasteiger partial charge on any atom is -0.468 e. The number of carbonyl (C=O) groups is 2. The molecule has 1 heterocycles. The lowest BCUT2D eigenvalue weighted by Crippen LogP contribution is -2.45. The number of piperidine rings is 1. The summed E-state index contributed by atoms with van der Waals surface area (Å²) >= 11 is 0. The van der Waals surface area contributed by atoms with E-state index < -0.39 is 0 Å². The molecule has 86 valence electrons. The van der Waals surface area contributed by atoms with Crippen molar-refractivity contribution in [1.29, 1.82) is 0 Å². The summed E-state index contributed by atoms with van der Waals surface area (Å²) in [5.74, 6) is -0.120. The highest BCUT2D eigenvalue weighted by molar-refractivity contribution is 5.73. The van der Waals surface area contributed by atoms with Crippen LogP contribution < -0.4 is 5.32 Å². The van der Waals surface area contributed by atoms with Gasteiger partial charge in [0, 0.05) is 26.1 Å². The maximum atomic E-state index is 11.0. The summed E-state index contributed by atoms with van der Waals surface area (Å²) in [5.41, 5.74) is 0. The van der Waals surface area contributed by atoms with Crippen LogP contribution in [0.4, 0.5) is 0 Å². The Bertz CT molecular complexity index is 235. The molecular weight excluding hydrogens is 196 g/mol. The van der Waals surface area contributed by atoms with Crippen molar-refractivity contribution in [1.82, 2.24) is 10.2 Å². The van der Waals surface area contributed by atoms with Gasteiger partial charge in [0.25, 0.3) is 0 Å². The van der Waals surface area contributed by atoms with E-state index >= 15 is 0 Å². The second kappa shape index (κ2) is 5.70. The number of hydrogen-bond donors (Lipinski definition) is 1. The predicted octanol–water partition coefficient (Wildman–Crippen LogP) is -0.240. The number of nitrogens with one attached hydrogen (secondary N) is 1. The van der Waals surface area contributed by atoms with Crippen LogP contribution in [0.5, 0.6) is 0 Å². The first-order valence-corrected chi connectivity index (χ1v) is 5.19. The zero-order valence-electron chi connectivity index (χ0n) is 9.28. The van der Waals surface area contributed by atoms with Gasteiger partial charge >= 0.3 is 5.97 Å². The molecule has 5 nitrogen and oxygen atoms in total. The second-order valence-electron chi connectivity index (χ2n) is 3.74.